The van der Waals surface area contributed by atoms with Gasteiger partial charge in [-0.15, -0.1) is 11.3 Å². The normalized spacial score (nSPS) is 12.0. The Morgan fingerprint density at radius 2 is 1.84 bits per heavy atom. The van der Waals surface area contributed by atoms with Crippen molar-refractivity contribution in [3.63, 3.8) is 0 Å². The summed E-state index contributed by atoms with van der Waals surface area (Å²) in [5.74, 6) is 0. The lowest BCUT2D eigenvalue weighted by Gasteiger charge is -2.16. The summed E-state index contributed by atoms with van der Waals surface area (Å²) < 4.78 is 27.1. The average Bonchev–Trinajstić information content (AvgIpc) is 2.79. The van der Waals surface area contributed by atoms with Crippen molar-refractivity contribution in [3.8, 4) is 0 Å². The maximum atomic E-state index is 12.4. The number of sulfonamides is 1. The highest BCUT2D eigenvalue weighted by molar-refractivity contribution is 9.10. The number of halogens is 1. The van der Waals surface area contributed by atoms with Gasteiger partial charge in [-0.05, 0) is 39.9 Å². The van der Waals surface area contributed by atoms with Crippen LogP contribution >= 0.6 is 27.3 Å². The Kier molecular flexibility index (Phi) is 4.45. The van der Waals surface area contributed by atoms with Crippen molar-refractivity contribution in [2.24, 2.45) is 0 Å². The van der Waals surface area contributed by atoms with Crippen molar-refractivity contribution in [1.82, 2.24) is 4.31 Å². The van der Waals surface area contributed by atoms with E-state index < -0.39 is 10.0 Å². The van der Waals surface area contributed by atoms with E-state index in [1.165, 1.54) is 15.6 Å². The van der Waals surface area contributed by atoms with Gasteiger partial charge in [-0.2, -0.15) is 4.31 Å². The zero-order valence-electron chi connectivity index (χ0n) is 10.6. The number of benzene rings is 1. The SMILES string of the molecule is Cc1ccc(CN(C)S(=O)(=O)c2sccc2Br)cc1. The molecular weight excluding hydrogens is 346 g/mol. The zero-order valence-corrected chi connectivity index (χ0v) is 13.8. The fourth-order valence-electron chi connectivity index (χ4n) is 1.64. The molecule has 0 aliphatic heterocycles. The first-order chi connectivity index (χ1) is 8.91. The van der Waals surface area contributed by atoms with Crippen molar-refractivity contribution < 1.29 is 8.42 Å². The minimum atomic E-state index is -3.43. The molecule has 0 atom stereocenters. The molecule has 0 aliphatic rings. The molecule has 0 amide bonds. The monoisotopic (exact) mass is 359 g/mol. The molecule has 0 saturated carbocycles. The fraction of sp³-hybridized carbons (Fsp3) is 0.231. The highest BCUT2D eigenvalue weighted by atomic mass is 79.9. The van der Waals surface area contributed by atoms with E-state index in [1.54, 1.807) is 18.5 Å². The fourth-order valence-corrected chi connectivity index (χ4v) is 5.30. The lowest BCUT2D eigenvalue weighted by Crippen LogP contribution is -2.26. The van der Waals surface area contributed by atoms with Crippen LogP contribution in [0.3, 0.4) is 0 Å². The van der Waals surface area contributed by atoms with E-state index in [0.29, 0.717) is 15.2 Å². The summed E-state index contributed by atoms with van der Waals surface area (Å²) >= 11 is 4.49. The van der Waals surface area contributed by atoms with Gasteiger partial charge in [0.2, 0.25) is 0 Å². The summed E-state index contributed by atoms with van der Waals surface area (Å²) in [4.78, 5) is 0. The van der Waals surface area contributed by atoms with E-state index >= 15 is 0 Å². The Morgan fingerprint density at radius 1 is 1.21 bits per heavy atom. The molecule has 2 rings (SSSR count). The Hall–Kier alpha value is -0.690. The van der Waals surface area contributed by atoms with Crippen LogP contribution < -0.4 is 0 Å². The molecule has 1 heterocycles. The zero-order chi connectivity index (χ0) is 14.0. The third kappa shape index (κ3) is 3.25. The molecule has 19 heavy (non-hydrogen) atoms. The topological polar surface area (TPSA) is 37.4 Å². The van der Waals surface area contributed by atoms with Crippen molar-refractivity contribution in [1.29, 1.82) is 0 Å². The third-order valence-electron chi connectivity index (χ3n) is 2.75. The second kappa shape index (κ2) is 5.75. The molecule has 0 spiro atoms. The Morgan fingerprint density at radius 3 is 2.37 bits per heavy atom. The molecule has 1 aromatic carbocycles. The van der Waals surface area contributed by atoms with Crippen molar-refractivity contribution in [3.05, 3.63) is 51.3 Å². The van der Waals surface area contributed by atoms with E-state index in [1.807, 2.05) is 31.2 Å². The Balaban J connectivity index is 2.22. The second-order valence-corrected chi connectivity index (χ2v) is 8.31. The standard InChI is InChI=1S/C13H14BrNO2S2/c1-10-3-5-11(6-4-10)9-15(2)19(16,17)13-12(14)7-8-18-13/h3-8H,9H2,1-2H3. The molecule has 0 saturated heterocycles. The molecule has 0 radical (unpaired) electrons. The molecule has 6 heteroatoms. The minimum Gasteiger partial charge on any atom is -0.206 e. The van der Waals surface area contributed by atoms with Crippen molar-refractivity contribution in [2.75, 3.05) is 7.05 Å². The lowest BCUT2D eigenvalue weighted by atomic mass is 10.1. The first-order valence-corrected chi connectivity index (χ1v) is 8.77. The molecule has 0 aliphatic carbocycles. The van der Waals surface area contributed by atoms with E-state index in [0.717, 1.165) is 11.1 Å². The first kappa shape index (κ1) is 14.7. The van der Waals surface area contributed by atoms with Crippen LogP contribution in [0.2, 0.25) is 0 Å². The van der Waals surface area contributed by atoms with Crippen LogP contribution in [-0.2, 0) is 16.6 Å². The number of thiophene rings is 1. The van der Waals surface area contributed by atoms with E-state index in [4.69, 9.17) is 0 Å². The molecule has 102 valence electrons. The Bertz CT molecular complexity index is 662. The van der Waals surface area contributed by atoms with Gasteiger partial charge in [0.25, 0.3) is 10.0 Å². The molecule has 3 nitrogen and oxygen atoms in total. The van der Waals surface area contributed by atoms with Gasteiger partial charge in [-0.1, -0.05) is 29.8 Å². The first-order valence-electron chi connectivity index (χ1n) is 5.66. The number of nitrogens with zero attached hydrogens (tertiary/aromatic N) is 1. The van der Waals surface area contributed by atoms with E-state index in [2.05, 4.69) is 15.9 Å². The summed E-state index contributed by atoms with van der Waals surface area (Å²) in [6, 6.07) is 9.61. The minimum absolute atomic E-state index is 0.349. The van der Waals surface area contributed by atoms with Crippen LogP contribution in [0.5, 0.6) is 0 Å². The average molecular weight is 360 g/mol. The van der Waals surface area contributed by atoms with Crippen LogP contribution in [0.4, 0.5) is 0 Å². The molecule has 1 aromatic heterocycles. The van der Waals surface area contributed by atoms with Gasteiger partial charge in [0.1, 0.15) is 4.21 Å². The van der Waals surface area contributed by atoms with Crippen LogP contribution in [0.25, 0.3) is 0 Å². The molecule has 0 N–H and O–H groups in total. The van der Waals surface area contributed by atoms with Gasteiger partial charge < -0.3 is 0 Å². The number of hydrogen-bond acceptors (Lipinski definition) is 3. The summed E-state index contributed by atoms with van der Waals surface area (Å²) in [5, 5.41) is 1.76. The highest BCUT2D eigenvalue weighted by Crippen LogP contribution is 2.30. The van der Waals surface area contributed by atoms with Crippen molar-refractivity contribution in [2.45, 2.75) is 17.7 Å². The lowest BCUT2D eigenvalue weighted by molar-refractivity contribution is 0.468. The smallest absolute Gasteiger partial charge is 0.206 e. The van der Waals surface area contributed by atoms with Crippen LogP contribution in [0.15, 0.2) is 44.4 Å². The Labute approximate surface area is 126 Å². The van der Waals surface area contributed by atoms with Gasteiger partial charge in [-0.3, -0.25) is 0 Å². The quantitative estimate of drug-likeness (QED) is 0.835. The van der Waals surface area contributed by atoms with E-state index in [9.17, 15) is 8.42 Å². The van der Waals surface area contributed by atoms with Gasteiger partial charge in [0, 0.05) is 18.1 Å². The highest BCUT2D eigenvalue weighted by Gasteiger charge is 2.24. The maximum Gasteiger partial charge on any atom is 0.253 e. The van der Waals surface area contributed by atoms with Crippen LogP contribution in [0, 0.1) is 6.92 Å². The largest absolute Gasteiger partial charge is 0.253 e. The molecule has 0 fully saturated rings. The van der Waals surface area contributed by atoms with Gasteiger partial charge in [0.15, 0.2) is 0 Å². The van der Waals surface area contributed by atoms with Crippen molar-refractivity contribution >= 4 is 37.3 Å². The van der Waals surface area contributed by atoms with Gasteiger partial charge in [0.05, 0.1) is 0 Å². The van der Waals surface area contributed by atoms with Crippen LogP contribution in [0.1, 0.15) is 11.1 Å². The third-order valence-corrected chi connectivity index (χ3v) is 7.21. The molecule has 0 bridgehead atoms. The molecule has 0 unspecified atom stereocenters. The second-order valence-electron chi connectivity index (χ2n) is 4.30. The van der Waals surface area contributed by atoms with Gasteiger partial charge in [-0.25, -0.2) is 8.42 Å². The number of aryl methyl sites for hydroxylation is 1. The predicted octanol–water partition coefficient (Wildman–Crippen LogP) is 3.64. The van der Waals surface area contributed by atoms with Crippen LogP contribution in [-0.4, -0.2) is 19.8 Å². The number of rotatable bonds is 4. The number of hydrogen-bond donors (Lipinski definition) is 0. The maximum absolute atomic E-state index is 12.4. The molecule has 2 aromatic rings. The summed E-state index contributed by atoms with van der Waals surface area (Å²) in [6.45, 7) is 2.37. The summed E-state index contributed by atoms with van der Waals surface area (Å²) in [6.07, 6.45) is 0. The molecular formula is C13H14BrNO2S2. The van der Waals surface area contributed by atoms with Gasteiger partial charge >= 0.3 is 0 Å². The summed E-state index contributed by atoms with van der Waals surface area (Å²) in [5.41, 5.74) is 2.14. The predicted molar refractivity (Wildman–Crippen MR) is 81.9 cm³/mol. The van der Waals surface area contributed by atoms with E-state index in [-0.39, 0.29) is 0 Å². The summed E-state index contributed by atoms with van der Waals surface area (Å²) in [7, 11) is -1.83.